The van der Waals surface area contributed by atoms with Gasteiger partial charge in [0.15, 0.2) is 5.82 Å². The third-order valence-corrected chi connectivity index (χ3v) is 7.82. The number of fused-ring (bicyclic) bond motifs is 1. The largest absolute Gasteiger partial charge is 0.444 e. The molecule has 3 heterocycles. The second-order valence-corrected chi connectivity index (χ2v) is 12.3. The summed E-state index contributed by atoms with van der Waals surface area (Å²) < 4.78 is 22.4. The third-order valence-electron chi connectivity index (χ3n) is 6.80. The maximum absolute atomic E-state index is 15.2. The van der Waals surface area contributed by atoms with E-state index in [1.54, 1.807) is 11.1 Å². The highest BCUT2D eigenvalue weighted by Gasteiger charge is 2.34. The molecule has 1 atom stereocenters. The second kappa shape index (κ2) is 11.0. The van der Waals surface area contributed by atoms with Crippen molar-refractivity contribution < 1.29 is 13.9 Å². The fourth-order valence-corrected chi connectivity index (χ4v) is 5.86. The average Bonchev–Trinajstić information content (AvgIpc) is 2.85. The summed E-state index contributed by atoms with van der Waals surface area (Å²) in [5.41, 5.74) is 1.46. The Morgan fingerprint density at radius 3 is 2.62 bits per heavy atom. The Morgan fingerprint density at radius 2 is 2.00 bits per heavy atom. The van der Waals surface area contributed by atoms with Crippen molar-refractivity contribution >= 4 is 50.3 Å². The lowest BCUT2D eigenvalue weighted by atomic mass is 10.0. The van der Waals surface area contributed by atoms with Crippen molar-refractivity contribution in [2.45, 2.75) is 72.4 Å². The van der Waals surface area contributed by atoms with Crippen LogP contribution in [0.3, 0.4) is 0 Å². The van der Waals surface area contributed by atoms with Crippen LogP contribution in [0, 0.1) is 12.7 Å². The van der Waals surface area contributed by atoms with Gasteiger partial charge in [-0.15, -0.1) is 0 Å². The maximum atomic E-state index is 15.2. The van der Waals surface area contributed by atoms with Crippen LogP contribution in [-0.4, -0.2) is 56.8 Å². The van der Waals surface area contributed by atoms with Gasteiger partial charge in [-0.1, -0.05) is 32.4 Å². The quantitative estimate of drug-likeness (QED) is 0.305. The van der Waals surface area contributed by atoms with E-state index in [1.165, 1.54) is 10.6 Å². The van der Waals surface area contributed by atoms with E-state index >= 15 is 4.39 Å². The number of benzene rings is 1. The lowest BCUT2D eigenvalue weighted by Gasteiger charge is -2.42. The summed E-state index contributed by atoms with van der Waals surface area (Å²) in [6.45, 7) is 14.5. The van der Waals surface area contributed by atoms with Crippen LogP contribution >= 0.6 is 27.5 Å². The number of carbonyl (C=O) groups is 1. The molecule has 39 heavy (non-hydrogen) atoms. The number of ether oxygens (including phenoxy) is 1. The number of piperazine rings is 1. The molecule has 0 bridgehead atoms. The van der Waals surface area contributed by atoms with Gasteiger partial charge in [0.25, 0.3) is 0 Å². The van der Waals surface area contributed by atoms with Gasteiger partial charge in [-0.25, -0.2) is 14.0 Å². The zero-order chi connectivity index (χ0) is 28.8. The molecular formula is C28H34BrClFN5O3. The summed E-state index contributed by atoms with van der Waals surface area (Å²) in [7, 11) is 0. The lowest BCUT2D eigenvalue weighted by Crippen LogP contribution is -2.56. The third kappa shape index (κ3) is 5.63. The molecule has 0 aliphatic carbocycles. The van der Waals surface area contributed by atoms with Gasteiger partial charge in [0.1, 0.15) is 11.4 Å². The van der Waals surface area contributed by atoms with Gasteiger partial charge in [-0.05, 0) is 73.7 Å². The summed E-state index contributed by atoms with van der Waals surface area (Å²) in [6.07, 6.45) is 1.99. The average molecular weight is 623 g/mol. The van der Waals surface area contributed by atoms with Crippen LogP contribution in [-0.2, 0) is 4.74 Å². The van der Waals surface area contributed by atoms with Crippen molar-refractivity contribution in [1.82, 2.24) is 19.4 Å². The number of aryl methyl sites for hydroxylation is 1. The lowest BCUT2D eigenvalue weighted by molar-refractivity contribution is 0.0213. The highest BCUT2D eigenvalue weighted by molar-refractivity contribution is 9.10. The van der Waals surface area contributed by atoms with Gasteiger partial charge in [0, 0.05) is 31.9 Å². The number of rotatable bonds is 4. The van der Waals surface area contributed by atoms with Crippen LogP contribution in [0.4, 0.5) is 15.0 Å². The van der Waals surface area contributed by atoms with E-state index < -0.39 is 17.1 Å². The standard InChI is InChI=1S/C28H34BrClFN5O3/c1-8-17-14-34(27(38)39-28(5,6)7)11-12-35(17)25-20-19(13-18(30)22(31)21(20)29)36(26(37)33-25)24-16(4)9-10-32-23(24)15(2)3/h9-10,13,15,17H,8,11-12,14H2,1-7H3/t17-/m0/s1. The Hall–Kier alpha value is -2.72. The normalized spacial score (nSPS) is 16.3. The molecule has 0 radical (unpaired) electrons. The van der Waals surface area contributed by atoms with E-state index in [9.17, 15) is 9.59 Å². The first-order valence-electron chi connectivity index (χ1n) is 13.1. The molecule has 3 aromatic rings. The summed E-state index contributed by atoms with van der Waals surface area (Å²) >= 11 is 9.73. The van der Waals surface area contributed by atoms with Crippen LogP contribution in [0.15, 0.2) is 27.6 Å². The molecule has 1 saturated heterocycles. The first-order chi connectivity index (χ1) is 18.2. The summed E-state index contributed by atoms with van der Waals surface area (Å²) in [6, 6.07) is 3.13. The molecule has 2 aromatic heterocycles. The predicted molar refractivity (Wildman–Crippen MR) is 156 cm³/mol. The topological polar surface area (TPSA) is 80.6 Å². The molecular weight excluding hydrogens is 589 g/mol. The smallest absolute Gasteiger partial charge is 0.410 e. The zero-order valence-corrected chi connectivity index (χ0v) is 25.7. The summed E-state index contributed by atoms with van der Waals surface area (Å²) in [5.74, 6) is -0.270. The van der Waals surface area contributed by atoms with E-state index in [0.29, 0.717) is 48.5 Å². The van der Waals surface area contributed by atoms with Gasteiger partial charge < -0.3 is 14.5 Å². The maximum Gasteiger partial charge on any atom is 0.410 e. The molecule has 1 amide bonds. The second-order valence-electron chi connectivity index (χ2n) is 11.1. The summed E-state index contributed by atoms with van der Waals surface area (Å²) in [4.78, 5) is 39.3. The predicted octanol–water partition coefficient (Wildman–Crippen LogP) is 6.60. The van der Waals surface area contributed by atoms with Crippen LogP contribution in [0.2, 0.25) is 5.02 Å². The van der Waals surface area contributed by atoms with Crippen LogP contribution in [0.25, 0.3) is 16.6 Å². The Labute approximate surface area is 241 Å². The summed E-state index contributed by atoms with van der Waals surface area (Å²) in [5, 5.41) is 0.313. The molecule has 0 unspecified atom stereocenters. The molecule has 11 heteroatoms. The fraction of sp³-hybridized carbons (Fsp3) is 0.500. The Balaban J connectivity index is 1.92. The van der Waals surface area contributed by atoms with E-state index in [-0.39, 0.29) is 27.5 Å². The van der Waals surface area contributed by atoms with Gasteiger partial charge in [0.2, 0.25) is 0 Å². The van der Waals surface area contributed by atoms with E-state index in [0.717, 1.165) is 11.3 Å². The number of aromatic nitrogens is 3. The van der Waals surface area contributed by atoms with Crippen molar-refractivity contribution in [3.63, 3.8) is 0 Å². The Kier molecular flexibility index (Phi) is 8.28. The number of anilines is 1. The number of hydrogen-bond acceptors (Lipinski definition) is 6. The minimum absolute atomic E-state index is 0.0197. The number of hydrogen-bond donors (Lipinski definition) is 0. The van der Waals surface area contributed by atoms with E-state index in [4.69, 9.17) is 16.3 Å². The van der Waals surface area contributed by atoms with Crippen molar-refractivity contribution in [3.05, 3.63) is 55.4 Å². The minimum Gasteiger partial charge on any atom is -0.444 e. The highest BCUT2D eigenvalue weighted by Crippen LogP contribution is 2.39. The number of amides is 1. The van der Waals surface area contributed by atoms with Crippen molar-refractivity contribution in [3.8, 4) is 5.69 Å². The molecule has 0 saturated carbocycles. The van der Waals surface area contributed by atoms with Crippen molar-refractivity contribution in [2.75, 3.05) is 24.5 Å². The first kappa shape index (κ1) is 29.3. The Bertz CT molecular complexity index is 1490. The molecule has 0 spiro atoms. The van der Waals surface area contributed by atoms with Gasteiger partial charge >= 0.3 is 11.8 Å². The number of nitrogens with zero attached hydrogens (tertiary/aromatic N) is 5. The zero-order valence-electron chi connectivity index (χ0n) is 23.3. The van der Waals surface area contributed by atoms with Crippen molar-refractivity contribution in [2.24, 2.45) is 0 Å². The van der Waals surface area contributed by atoms with Gasteiger partial charge in [-0.3, -0.25) is 9.55 Å². The molecule has 210 valence electrons. The molecule has 8 nitrogen and oxygen atoms in total. The van der Waals surface area contributed by atoms with Crippen LogP contribution in [0.1, 0.15) is 65.1 Å². The minimum atomic E-state index is -0.634. The number of pyridine rings is 1. The van der Waals surface area contributed by atoms with E-state index in [1.807, 2.05) is 59.4 Å². The SMILES string of the molecule is CC[C@H]1CN(C(=O)OC(C)(C)C)CCN1c1nc(=O)n(-c2c(C)ccnc2C(C)C)c2cc(Cl)c(F)c(Br)c12. The monoisotopic (exact) mass is 621 g/mol. The molecule has 1 aliphatic rings. The van der Waals surface area contributed by atoms with Crippen molar-refractivity contribution in [1.29, 1.82) is 0 Å². The van der Waals surface area contributed by atoms with E-state index in [2.05, 4.69) is 25.9 Å². The Morgan fingerprint density at radius 1 is 1.31 bits per heavy atom. The van der Waals surface area contributed by atoms with Gasteiger partial charge in [-0.2, -0.15) is 4.98 Å². The van der Waals surface area contributed by atoms with Crippen LogP contribution < -0.4 is 10.6 Å². The number of halogens is 3. The van der Waals surface area contributed by atoms with Gasteiger partial charge in [0.05, 0.1) is 31.8 Å². The number of carbonyl (C=O) groups excluding carboxylic acids is 1. The highest BCUT2D eigenvalue weighted by atomic mass is 79.9. The molecule has 4 rings (SSSR count). The molecule has 0 N–H and O–H groups in total. The first-order valence-corrected chi connectivity index (χ1v) is 14.2. The molecule has 1 aromatic carbocycles. The molecule has 1 aliphatic heterocycles. The molecule has 1 fully saturated rings. The van der Waals surface area contributed by atoms with Crippen LogP contribution in [0.5, 0.6) is 0 Å². The fourth-order valence-electron chi connectivity index (χ4n) is 4.96.